The number of furan rings is 5. The molecule has 0 aliphatic rings. The number of benzene rings is 5. The van der Waals surface area contributed by atoms with Crippen molar-refractivity contribution < 1.29 is 44.9 Å². The molecule has 0 aliphatic carbocycles. The molecule has 20 rings (SSSR count). The number of aryl methyl sites for hydroxylation is 16. The molecule has 672 valence electrons. The summed E-state index contributed by atoms with van der Waals surface area (Å²) in [6.07, 6.45) is 18.1. The monoisotopic (exact) mass is 1750 g/mol. The van der Waals surface area contributed by atoms with Gasteiger partial charge in [0, 0.05) is 146 Å². The van der Waals surface area contributed by atoms with E-state index in [1.807, 2.05) is 13.0 Å². The van der Waals surface area contributed by atoms with Crippen molar-refractivity contribution in [1.82, 2.24) is 24.9 Å². The summed E-state index contributed by atoms with van der Waals surface area (Å²) in [6, 6.07) is 64.9. The van der Waals surface area contributed by atoms with Gasteiger partial charge in [0.1, 0.15) is 35.2 Å². The maximum atomic E-state index is 6.36. The van der Waals surface area contributed by atoms with E-state index in [-0.39, 0.29) is 10.8 Å². The number of aromatic nitrogens is 10. The Labute approximate surface area is 777 Å². The van der Waals surface area contributed by atoms with E-state index >= 15 is 0 Å². The van der Waals surface area contributed by atoms with Crippen molar-refractivity contribution in [3.05, 3.63) is 297 Å². The Balaban J connectivity index is 0.000000120. The number of fused-ring (bicyclic) bond motifs is 15. The van der Waals surface area contributed by atoms with E-state index in [1.54, 1.807) is 0 Å². The zero-order chi connectivity index (χ0) is 93.8. The fraction of sp³-hybridized carbons (Fsp3) is 0.316. The first-order chi connectivity index (χ1) is 63.1. The second-order valence-corrected chi connectivity index (χ2v) is 39.1. The molecular weight excluding hydrogens is 1630 g/mol. The molecule has 0 atom stereocenters. The number of pyridine rings is 10. The molecule has 15 nitrogen and oxygen atoms in total. The highest BCUT2D eigenvalue weighted by atomic mass is 16.4. The van der Waals surface area contributed by atoms with E-state index in [0.29, 0.717) is 17.5 Å². The molecule has 0 unspecified atom stereocenters. The highest BCUT2D eigenvalue weighted by molar-refractivity contribution is 6.13. The van der Waals surface area contributed by atoms with Crippen molar-refractivity contribution in [3.8, 4) is 56.3 Å². The normalized spacial score (nSPS) is 11.9. The molecule has 0 saturated heterocycles. The van der Waals surface area contributed by atoms with E-state index in [1.165, 1.54) is 55.6 Å². The first-order valence-corrected chi connectivity index (χ1v) is 47.1. The fourth-order valence-electron chi connectivity index (χ4n) is 18.5. The van der Waals surface area contributed by atoms with E-state index in [2.05, 4.69) is 408 Å². The van der Waals surface area contributed by atoms with Gasteiger partial charge in [0.15, 0.2) is 58.9 Å². The van der Waals surface area contributed by atoms with E-state index in [0.717, 1.165) is 234 Å². The zero-order valence-corrected chi connectivity index (χ0v) is 82.3. The van der Waals surface area contributed by atoms with Gasteiger partial charge in [-0.1, -0.05) is 165 Å². The standard InChI is InChI=1S/C25H29N2O.2C24H27N2O.C23H25N2O.C21H21N2O/c1-7-17-9-13-21(27(6)15-17)22-16(2)8-11-19-20-12-10-18(14-25(3,4)5)26-24(20)28-23(19)22;1-7-16-9-12-19(26(6)14-16)21-15(2)8-10-17-18-11-13-20(24(3,4)5)25-23(18)27-22(17)21;1-6-17-8-12-21(26(5)14-17)22-16(4)7-10-19-20-11-9-18(13-15(2)3)25-24(20)27-23(19)22;1-6-16-8-12-20(25(5)13-16)21-15(4)7-9-17-18-10-11-19(14(2)3)24-23(18)26-22(17)21;1-5-15-8-11-18(23(4)12-15)19-13(2)6-9-16-17-10-7-14(3)22-21(17)24-20(16)19/h8-13,15H,7,14H2,1-6H3;8-14H,7H2,1-6H3;7-12,14-15H,6,13H2,1-5H3;7-14H,6H2,1-5H3;6-12H,5H2,1-4H3/q5*+1. The summed E-state index contributed by atoms with van der Waals surface area (Å²) in [4.78, 5) is 23.8. The molecule has 0 saturated carbocycles. The minimum atomic E-state index is -0.00562. The van der Waals surface area contributed by atoms with Crippen LogP contribution < -0.4 is 22.8 Å². The fourth-order valence-corrected chi connectivity index (χ4v) is 18.5. The molecule has 132 heavy (non-hydrogen) atoms. The average molecular weight is 1760 g/mol. The topological polar surface area (TPSA) is 150 Å². The molecule has 0 radical (unpaired) electrons. The lowest BCUT2D eigenvalue weighted by molar-refractivity contribution is -0.660. The van der Waals surface area contributed by atoms with Crippen LogP contribution in [0.3, 0.4) is 0 Å². The molecule has 0 N–H and O–H groups in total. The van der Waals surface area contributed by atoms with Crippen molar-refractivity contribution in [2.24, 2.45) is 46.6 Å². The second-order valence-electron chi connectivity index (χ2n) is 39.1. The molecular formula is C117H129N10O5+5. The van der Waals surface area contributed by atoms with Gasteiger partial charge in [-0.25, -0.2) is 47.8 Å². The Bertz CT molecular complexity index is 7810. The summed E-state index contributed by atoms with van der Waals surface area (Å²) >= 11 is 0. The molecule has 0 fully saturated rings. The molecule has 0 amide bonds. The number of rotatable bonds is 14. The van der Waals surface area contributed by atoms with Gasteiger partial charge in [-0.15, -0.1) is 0 Å². The lowest BCUT2D eigenvalue weighted by Crippen LogP contribution is -2.31. The second kappa shape index (κ2) is 37.5. The van der Waals surface area contributed by atoms with Crippen molar-refractivity contribution in [2.45, 2.75) is 202 Å². The van der Waals surface area contributed by atoms with Crippen LogP contribution in [0.25, 0.3) is 167 Å². The van der Waals surface area contributed by atoms with Crippen LogP contribution in [0.15, 0.2) is 235 Å². The highest BCUT2D eigenvalue weighted by Crippen LogP contribution is 2.44. The van der Waals surface area contributed by atoms with Crippen molar-refractivity contribution in [1.29, 1.82) is 0 Å². The van der Waals surface area contributed by atoms with E-state index in [4.69, 9.17) is 42.0 Å². The van der Waals surface area contributed by atoms with Gasteiger partial charge in [0.05, 0.1) is 27.8 Å². The van der Waals surface area contributed by atoms with Gasteiger partial charge in [0.25, 0.3) is 0 Å². The first-order valence-electron chi connectivity index (χ1n) is 47.1. The maximum Gasteiger partial charge on any atom is 0.227 e. The van der Waals surface area contributed by atoms with Crippen LogP contribution in [0.1, 0.15) is 194 Å². The van der Waals surface area contributed by atoms with Crippen LogP contribution in [0.2, 0.25) is 0 Å². The molecule has 15 heteroatoms. The highest BCUT2D eigenvalue weighted by Gasteiger charge is 2.30. The molecule has 0 aliphatic heterocycles. The molecule has 0 spiro atoms. The number of nitrogens with zero attached hydrogens (tertiary/aromatic N) is 10. The van der Waals surface area contributed by atoms with Gasteiger partial charge in [-0.3, -0.25) is 0 Å². The van der Waals surface area contributed by atoms with Crippen LogP contribution in [0.4, 0.5) is 0 Å². The Morgan fingerprint density at radius 1 is 0.280 bits per heavy atom. The summed E-state index contributed by atoms with van der Waals surface area (Å²) in [5.74, 6) is 0.960. The van der Waals surface area contributed by atoms with Crippen LogP contribution in [-0.4, -0.2) is 24.9 Å². The zero-order valence-electron chi connectivity index (χ0n) is 82.3. The number of hydrogen-bond acceptors (Lipinski definition) is 10. The SMILES string of the molecule is CCc1ccc(-c2c(C)ccc3c2oc2nc(C(C)(C)C)ccc23)[n+](C)c1.CCc1ccc(-c2c(C)ccc3c2oc2nc(C(C)C)ccc23)[n+](C)c1.CCc1ccc(-c2c(C)ccc3c2oc2nc(C)ccc23)[n+](C)c1.CCc1ccc(-c2c(C)ccc3c2oc2nc(CC(C)(C)C)ccc23)[n+](C)c1.CCc1ccc(-c2c(C)ccc3c2oc2nc(CC(C)C)ccc23)[n+](C)c1. The summed E-state index contributed by atoms with van der Waals surface area (Å²) in [6.45, 7) is 45.6. The summed E-state index contributed by atoms with van der Waals surface area (Å²) in [5.41, 5.74) is 37.9. The van der Waals surface area contributed by atoms with E-state index < -0.39 is 0 Å². The predicted molar refractivity (Wildman–Crippen MR) is 540 cm³/mol. The smallest absolute Gasteiger partial charge is 0.227 e. The van der Waals surface area contributed by atoms with E-state index in [9.17, 15) is 0 Å². The number of hydrogen-bond donors (Lipinski definition) is 0. The van der Waals surface area contributed by atoms with Crippen LogP contribution in [0, 0.1) is 52.9 Å². The largest absolute Gasteiger partial charge is 0.437 e. The first kappa shape index (κ1) is 91.9. The average Bonchev–Trinajstić information content (AvgIpc) is 1.62. The van der Waals surface area contributed by atoms with Gasteiger partial charge < -0.3 is 22.1 Å². The minimum Gasteiger partial charge on any atom is -0.437 e. The maximum absolute atomic E-state index is 6.36. The van der Waals surface area contributed by atoms with Crippen LogP contribution in [0.5, 0.6) is 0 Å². The Morgan fingerprint density at radius 3 is 0.833 bits per heavy atom. The molecule has 20 aromatic rings. The quantitative estimate of drug-likeness (QED) is 0.0963. The Hall–Kier alpha value is -13.4. The van der Waals surface area contributed by atoms with Crippen LogP contribution >= 0.6 is 0 Å². The molecule has 5 aromatic carbocycles. The van der Waals surface area contributed by atoms with Crippen LogP contribution in [-0.2, 0) is 85.6 Å². The summed E-state index contributed by atoms with van der Waals surface area (Å²) in [7, 11) is 10.5. The predicted octanol–water partition coefficient (Wildman–Crippen LogP) is 27.2. The lowest BCUT2D eigenvalue weighted by Gasteiger charge is -2.16. The molecule has 15 aromatic heterocycles. The van der Waals surface area contributed by atoms with Crippen molar-refractivity contribution in [2.75, 3.05) is 0 Å². The third-order valence-electron chi connectivity index (χ3n) is 25.8. The van der Waals surface area contributed by atoms with Crippen molar-refractivity contribution >= 4 is 110 Å². The Kier molecular flexibility index (Phi) is 26.1. The van der Waals surface area contributed by atoms with Crippen molar-refractivity contribution in [3.63, 3.8) is 0 Å². The van der Waals surface area contributed by atoms with Gasteiger partial charge in [-0.05, 0) is 223 Å². The van der Waals surface area contributed by atoms with Gasteiger partial charge in [-0.2, -0.15) is 0 Å². The third kappa shape index (κ3) is 18.5. The third-order valence-corrected chi connectivity index (χ3v) is 25.8. The summed E-state index contributed by atoms with van der Waals surface area (Å²) < 4.78 is 42.5. The Morgan fingerprint density at radius 2 is 0.545 bits per heavy atom. The van der Waals surface area contributed by atoms with Gasteiger partial charge >= 0.3 is 0 Å². The molecule has 15 heterocycles. The van der Waals surface area contributed by atoms with Gasteiger partial charge in [0.2, 0.25) is 57.0 Å². The minimum absolute atomic E-state index is 0.00562. The lowest BCUT2D eigenvalue weighted by atomic mass is 9.90. The molecule has 0 bridgehead atoms. The summed E-state index contributed by atoms with van der Waals surface area (Å²) in [5, 5.41) is 11.0.